The number of Topliss-reactive ketones (excluding diaryl/α,β-unsaturated/α-hetero) is 1. The van der Waals surface area contributed by atoms with Crippen LogP contribution in [0, 0.1) is 19.8 Å². The van der Waals surface area contributed by atoms with Gasteiger partial charge in [0.1, 0.15) is 11.5 Å². The molecule has 1 unspecified atom stereocenters. The van der Waals surface area contributed by atoms with Crippen molar-refractivity contribution in [2.75, 3.05) is 11.5 Å². The number of carbonyl (C=O) groups is 2. The predicted octanol–water partition coefficient (Wildman–Crippen LogP) is 5.96. The largest absolute Gasteiger partial charge is 0.507 e. The zero-order valence-corrected chi connectivity index (χ0v) is 19.9. The number of aryl methyl sites for hydroxylation is 2. The molecule has 4 rings (SSSR count). The van der Waals surface area contributed by atoms with Crippen LogP contribution in [-0.4, -0.2) is 23.4 Å². The molecule has 1 aliphatic rings. The maximum absolute atomic E-state index is 13.3. The first kappa shape index (κ1) is 23.3. The van der Waals surface area contributed by atoms with Crippen molar-refractivity contribution in [1.82, 2.24) is 0 Å². The molecule has 34 heavy (non-hydrogen) atoms. The smallest absolute Gasteiger partial charge is 0.300 e. The molecular formula is C29H29NO4. The van der Waals surface area contributed by atoms with Gasteiger partial charge in [-0.05, 0) is 60.7 Å². The molecule has 0 aromatic heterocycles. The first-order chi connectivity index (χ1) is 16.3. The predicted molar refractivity (Wildman–Crippen MR) is 134 cm³/mol. The van der Waals surface area contributed by atoms with Gasteiger partial charge in [0, 0.05) is 11.3 Å². The standard InChI is InChI=1S/C29H29NO4/c1-18(2)17-34-24-15-14-22(16-20(24)4)27(31)25-26(21-11-6-5-7-12-21)30(29(33)28(25)32)23-13-9-8-10-19(23)3/h5-16,18,26,31H,17H2,1-4H3/b27-25-. The zero-order chi connectivity index (χ0) is 24.4. The van der Waals surface area contributed by atoms with Crippen LogP contribution in [0.2, 0.25) is 0 Å². The SMILES string of the molecule is Cc1cc(/C(O)=C2/C(=O)C(=O)N(c3ccccc3C)C2c2ccccc2)ccc1OCC(C)C. The second-order valence-electron chi connectivity index (χ2n) is 9.05. The summed E-state index contributed by atoms with van der Waals surface area (Å²) in [5.41, 5.74) is 3.65. The minimum absolute atomic E-state index is 0.0784. The highest BCUT2D eigenvalue weighted by Gasteiger charge is 2.47. The van der Waals surface area contributed by atoms with E-state index in [1.807, 2.05) is 68.4 Å². The summed E-state index contributed by atoms with van der Waals surface area (Å²) in [6.45, 7) is 8.53. The van der Waals surface area contributed by atoms with E-state index in [0.29, 0.717) is 23.8 Å². The minimum Gasteiger partial charge on any atom is -0.507 e. The normalized spacial score (nSPS) is 17.4. The number of amides is 1. The Balaban J connectivity index is 1.85. The van der Waals surface area contributed by atoms with Crippen molar-refractivity contribution in [2.24, 2.45) is 5.92 Å². The summed E-state index contributed by atoms with van der Waals surface area (Å²) in [5.74, 6) is -0.437. The molecule has 3 aromatic rings. The van der Waals surface area contributed by atoms with Crippen molar-refractivity contribution in [1.29, 1.82) is 0 Å². The van der Waals surface area contributed by atoms with Crippen LogP contribution in [0.25, 0.3) is 5.76 Å². The second-order valence-corrected chi connectivity index (χ2v) is 9.05. The molecule has 5 nitrogen and oxygen atoms in total. The number of nitrogens with zero attached hydrogens (tertiary/aromatic N) is 1. The number of ether oxygens (including phenoxy) is 1. The van der Waals surface area contributed by atoms with Crippen molar-refractivity contribution < 1.29 is 19.4 Å². The van der Waals surface area contributed by atoms with Gasteiger partial charge in [0.15, 0.2) is 0 Å². The molecule has 1 amide bonds. The average Bonchev–Trinajstić information content (AvgIpc) is 3.09. The number of para-hydroxylation sites is 1. The lowest BCUT2D eigenvalue weighted by molar-refractivity contribution is -0.132. The topological polar surface area (TPSA) is 66.8 Å². The third kappa shape index (κ3) is 4.34. The number of ketones is 1. The lowest BCUT2D eigenvalue weighted by Gasteiger charge is -2.26. The fourth-order valence-corrected chi connectivity index (χ4v) is 4.24. The fraction of sp³-hybridized carbons (Fsp3) is 0.241. The quantitative estimate of drug-likeness (QED) is 0.283. The Morgan fingerprint density at radius 2 is 1.62 bits per heavy atom. The summed E-state index contributed by atoms with van der Waals surface area (Å²) in [6.07, 6.45) is 0. The minimum atomic E-state index is -0.737. The van der Waals surface area contributed by atoms with Crippen molar-refractivity contribution in [3.8, 4) is 5.75 Å². The molecule has 1 N–H and O–H groups in total. The second kappa shape index (κ2) is 9.56. The van der Waals surface area contributed by atoms with E-state index < -0.39 is 17.7 Å². The van der Waals surface area contributed by atoms with E-state index in [2.05, 4.69) is 13.8 Å². The number of anilines is 1. The van der Waals surface area contributed by atoms with Crippen molar-refractivity contribution in [3.63, 3.8) is 0 Å². The van der Waals surface area contributed by atoms with Crippen LogP contribution in [0.4, 0.5) is 5.69 Å². The molecule has 3 aromatic carbocycles. The van der Waals surface area contributed by atoms with Gasteiger partial charge in [0.2, 0.25) is 0 Å². The van der Waals surface area contributed by atoms with Crippen LogP contribution in [0.3, 0.4) is 0 Å². The highest BCUT2D eigenvalue weighted by molar-refractivity contribution is 6.51. The van der Waals surface area contributed by atoms with E-state index in [-0.39, 0.29) is 11.3 Å². The van der Waals surface area contributed by atoms with E-state index in [4.69, 9.17) is 4.74 Å². The molecule has 0 spiro atoms. The fourth-order valence-electron chi connectivity index (χ4n) is 4.24. The third-order valence-corrected chi connectivity index (χ3v) is 5.96. The Kier molecular flexibility index (Phi) is 6.55. The highest BCUT2D eigenvalue weighted by Crippen LogP contribution is 2.43. The monoisotopic (exact) mass is 455 g/mol. The first-order valence-electron chi connectivity index (χ1n) is 11.4. The Morgan fingerprint density at radius 3 is 2.26 bits per heavy atom. The maximum atomic E-state index is 13.3. The molecule has 1 fully saturated rings. The van der Waals surface area contributed by atoms with Gasteiger partial charge in [0.05, 0.1) is 18.2 Å². The van der Waals surface area contributed by atoms with Crippen LogP contribution in [0.15, 0.2) is 78.4 Å². The Bertz CT molecular complexity index is 1260. The van der Waals surface area contributed by atoms with E-state index in [0.717, 1.165) is 22.4 Å². The number of aliphatic hydroxyl groups is 1. The van der Waals surface area contributed by atoms with Crippen LogP contribution < -0.4 is 9.64 Å². The van der Waals surface area contributed by atoms with Gasteiger partial charge in [-0.25, -0.2) is 0 Å². The summed E-state index contributed by atoms with van der Waals surface area (Å²) in [4.78, 5) is 28.1. The summed E-state index contributed by atoms with van der Waals surface area (Å²) >= 11 is 0. The third-order valence-electron chi connectivity index (χ3n) is 5.96. The van der Waals surface area contributed by atoms with Crippen LogP contribution >= 0.6 is 0 Å². The summed E-state index contributed by atoms with van der Waals surface area (Å²) < 4.78 is 5.85. The summed E-state index contributed by atoms with van der Waals surface area (Å²) in [7, 11) is 0. The Labute approximate surface area is 200 Å². The number of hydrogen-bond acceptors (Lipinski definition) is 4. The van der Waals surface area contributed by atoms with Gasteiger partial charge in [-0.2, -0.15) is 0 Å². The van der Waals surface area contributed by atoms with Crippen molar-refractivity contribution in [2.45, 2.75) is 33.7 Å². The van der Waals surface area contributed by atoms with Gasteiger partial charge in [-0.1, -0.05) is 62.4 Å². The van der Waals surface area contributed by atoms with E-state index >= 15 is 0 Å². The molecule has 1 saturated heterocycles. The van der Waals surface area contributed by atoms with Crippen LogP contribution in [-0.2, 0) is 9.59 Å². The highest BCUT2D eigenvalue weighted by atomic mass is 16.5. The van der Waals surface area contributed by atoms with Crippen LogP contribution in [0.5, 0.6) is 5.75 Å². The summed E-state index contributed by atoms with van der Waals surface area (Å²) in [5, 5.41) is 11.3. The molecule has 174 valence electrons. The molecule has 1 aliphatic heterocycles. The summed E-state index contributed by atoms with van der Waals surface area (Å²) in [6, 6.07) is 21.3. The molecular weight excluding hydrogens is 426 g/mol. The van der Waals surface area contributed by atoms with Gasteiger partial charge in [0.25, 0.3) is 11.7 Å². The zero-order valence-electron chi connectivity index (χ0n) is 19.9. The van der Waals surface area contributed by atoms with Gasteiger partial charge in [-0.3, -0.25) is 14.5 Å². The lowest BCUT2D eigenvalue weighted by atomic mass is 9.94. The van der Waals surface area contributed by atoms with Gasteiger partial charge >= 0.3 is 0 Å². The van der Waals surface area contributed by atoms with Crippen molar-refractivity contribution >= 4 is 23.1 Å². The molecule has 5 heteroatoms. The van der Waals surface area contributed by atoms with Crippen molar-refractivity contribution in [3.05, 3.63) is 101 Å². The van der Waals surface area contributed by atoms with E-state index in [9.17, 15) is 14.7 Å². The molecule has 0 radical (unpaired) electrons. The van der Waals surface area contributed by atoms with E-state index in [1.165, 1.54) is 4.90 Å². The van der Waals surface area contributed by atoms with Gasteiger partial charge in [-0.15, -0.1) is 0 Å². The lowest BCUT2D eigenvalue weighted by Crippen LogP contribution is -2.30. The first-order valence-corrected chi connectivity index (χ1v) is 11.4. The average molecular weight is 456 g/mol. The Morgan fingerprint density at radius 1 is 0.941 bits per heavy atom. The molecule has 0 saturated carbocycles. The number of carbonyl (C=O) groups excluding carboxylic acids is 2. The molecule has 1 heterocycles. The number of rotatable bonds is 6. The van der Waals surface area contributed by atoms with Gasteiger partial charge < -0.3 is 9.84 Å². The van der Waals surface area contributed by atoms with Crippen LogP contribution in [0.1, 0.15) is 42.1 Å². The molecule has 1 atom stereocenters. The molecule has 0 aliphatic carbocycles. The maximum Gasteiger partial charge on any atom is 0.300 e. The number of hydrogen-bond donors (Lipinski definition) is 1. The Hall–Kier alpha value is -3.86. The molecule has 0 bridgehead atoms. The number of aliphatic hydroxyl groups excluding tert-OH is 1. The number of benzene rings is 3. The van der Waals surface area contributed by atoms with E-state index in [1.54, 1.807) is 18.2 Å².